The fourth-order valence-electron chi connectivity index (χ4n) is 5.28. The average Bonchev–Trinajstić information content (AvgIpc) is 3.68. The van der Waals surface area contributed by atoms with Crippen LogP contribution in [0, 0.1) is 17.2 Å². The highest BCUT2D eigenvalue weighted by Crippen LogP contribution is 2.56. The summed E-state index contributed by atoms with van der Waals surface area (Å²) in [4.78, 5) is 16.7. The van der Waals surface area contributed by atoms with Crippen LogP contribution in [0.25, 0.3) is 5.52 Å². The van der Waals surface area contributed by atoms with Gasteiger partial charge < -0.3 is 24.8 Å². The number of para-hydroxylation sites is 1. The summed E-state index contributed by atoms with van der Waals surface area (Å²) in [5.74, 6) is -0.740. The van der Waals surface area contributed by atoms with E-state index in [1.807, 2.05) is 0 Å². The molecule has 1 aromatic carbocycles. The van der Waals surface area contributed by atoms with Crippen molar-refractivity contribution < 1.29 is 33.0 Å². The van der Waals surface area contributed by atoms with Gasteiger partial charge in [-0.15, -0.1) is 0 Å². The first kappa shape index (κ1) is 28.0. The maximum Gasteiger partial charge on any atom is 0.462 e. The van der Waals surface area contributed by atoms with E-state index >= 15 is 0 Å². The largest absolute Gasteiger partial charge is 0.465 e. The highest BCUT2D eigenvalue weighted by atomic mass is 31.2. The first-order valence-corrected chi connectivity index (χ1v) is 14.5. The number of hydrogen-bond acceptors (Lipinski definition) is 11. The molecule has 0 saturated carbocycles. The third-order valence-electron chi connectivity index (χ3n) is 7.36. The quantitative estimate of drug-likeness (QED) is 0.285. The molecule has 2 fully saturated rings. The standard InChI is InChI=1S/C26H31N6O7P/c1-3-36-25(34)20-10-7-13-31(20)40(35,39-18-8-5-4-6-9-18)37-14-21-23(33)17(2)26(15-27,38-21)22-12-11-19-24(28)29-16-30-32(19)22/h4-6,8-9,11-12,16-17,20-21,23,33H,3,7,10,13-14H2,1-2H3,(H2,28,29,30). The lowest BCUT2D eigenvalue weighted by atomic mass is 9.85. The van der Waals surface area contributed by atoms with Crippen LogP contribution >= 0.6 is 7.75 Å². The zero-order valence-corrected chi connectivity index (χ0v) is 23.0. The second-order valence-electron chi connectivity index (χ2n) is 9.69. The Labute approximate surface area is 231 Å². The van der Waals surface area contributed by atoms with Gasteiger partial charge in [-0.05, 0) is 44.0 Å². The number of aliphatic hydroxyl groups is 1. The van der Waals surface area contributed by atoms with Crippen LogP contribution in [0.5, 0.6) is 5.75 Å². The number of nitriles is 1. The molecule has 2 saturated heterocycles. The van der Waals surface area contributed by atoms with Crippen LogP contribution < -0.4 is 10.3 Å². The number of esters is 1. The van der Waals surface area contributed by atoms with Gasteiger partial charge in [-0.2, -0.15) is 15.0 Å². The first-order chi connectivity index (χ1) is 19.2. The number of fused-ring (bicyclic) bond motifs is 1. The summed E-state index contributed by atoms with van der Waals surface area (Å²) in [5, 5.41) is 25.7. The molecular formula is C26H31N6O7P. The zero-order chi connectivity index (χ0) is 28.5. The van der Waals surface area contributed by atoms with E-state index in [0.717, 1.165) is 0 Å². The number of anilines is 1. The molecule has 6 atom stereocenters. The van der Waals surface area contributed by atoms with Crippen molar-refractivity contribution in [3.8, 4) is 11.8 Å². The minimum Gasteiger partial charge on any atom is -0.465 e. The number of aromatic nitrogens is 3. The van der Waals surface area contributed by atoms with E-state index in [0.29, 0.717) is 24.1 Å². The SMILES string of the molecule is CCOC(=O)C1CCCN1P(=O)(OCC1OC(C#N)(c2ccc3c(N)ncnn23)C(C)C1O)Oc1ccccc1. The predicted molar refractivity (Wildman–Crippen MR) is 142 cm³/mol. The van der Waals surface area contributed by atoms with E-state index in [9.17, 15) is 19.7 Å². The lowest BCUT2D eigenvalue weighted by Crippen LogP contribution is -2.38. The Hall–Kier alpha value is -3.53. The van der Waals surface area contributed by atoms with Crippen LogP contribution in [0.3, 0.4) is 0 Å². The Balaban J connectivity index is 1.43. The number of carbonyl (C=O) groups excluding carboxylic acids is 1. The smallest absolute Gasteiger partial charge is 0.462 e. The van der Waals surface area contributed by atoms with Crippen LogP contribution in [0.15, 0.2) is 48.8 Å². The van der Waals surface area contributed by atoms with Crippen molar-refractivity contribution in [2.45, 2.75) is 50.5 Å². The van der Waals surface area contributed by atoms with Gasteiger partial charge in [-0.25, -0.2) is 14.1 Å². The predicted octanol–water partition coefficient (Wildman–Crippen LogP) is 2.66. The van der Waals surface area contributed by atoms with E-state index in [1.54, 1.807) is 56.3 Å². The highest BCUT2D eigenvalue weighted by molar-refractivity contribution is 7.51. The van der Waals surface area contributed by atoms with E-state index in [1.165, 1.54) is 15.5 Å². The van der Waals surface area contributed by atoms with Gasteiger partial charge in [0.25, 0.3) is 0 Å². The molecule has 0 bridgehead atoms. The summed E-state index contributed by atoms with van der Waals surface area (Å²) in [6.45, 7) is 3.44. The Morgan fingerprint density at radius 1 is 1.32 bits per heavy atom. The number of aliphatic hydroxyl groups excluding tert-OH is 1. The molecule has 14 heteroatoms. The van der Waals surface area contributed by atoms with Crippen LogP contribution in [0.1, 0.15) is 32.4 Å². The van der Waals surface area contributed by atoms with Crippen molar-refractivity contribution in [2.24, 2.45) is 5.92 Å². The summed E-state index contributed by atoms with van der Waals surface area (Å²) in [5.41, 5.74) is 5.19. The molecule has 3 aromatic rings. The number of ether oxygens (including phenoxy) is 2. The molecule has 40 heavy (non-hydrogen) atoms. The van der Waals surface area contributed by atoms with Gasteiger partial charge in [-0.3, -0.25) is 9.32 Å². The number of hydrogen-bond donors (Lipinski definition) is 2. The second-order valence-corrected chi connectivity index (χ2v) is 11.6. The van der Waals surface area contributed by atoms with Gasteiger partial charge in [0, 0.05) is 12.5 Å². The summed E-state index contributed by atoms with van der Waals surface area (Å²) in [6, 6.07) is 13.2. The molecule has 2 aliphatic rings. The highest BCUT2D eigenvalue weighted by Gasteiger charge is 2.57. The molecule has 4 heterocycles. The van der Waals surface area contributed by atoms with Crippen LogP contribution in [0.2, 0.25) is 0 Å². The van der Waals surface area contributed by atoms with Gasteiger partial charge >= 0.3 is 13.7 Å². The van der Waals surface area contributed by atoms with Crippen LogP contribution in [-0.4, -0.2) is 68.4 Å². The Morgan fingerprint density at radius 3 is 2.83 bits per heavy atom. The van der Waals surface area contributed by atoms with Gasteiger partial charge in [0.15, 0.2) is 5.82 Å². The average molecular weight is 571 g/mol. The maximum atomic E-state index is 14.4. The maximum absolute atomic E-state index is 14.4. The van der Waals surface area contributed by atoms with Crippen molar-refractivity contribution in [3.05, 3.63) is 54.5 Å². The van der Waals surface area contributed by atoms with Gasteiger partial charge in [0.05, 0.1) is 25.0 Å². The zero-order valence-electron chi connectivity index (χ0n) is 22.1. The molecule has 6 unspecified atom stereocenters. The van der Waals surface area contributed by atoms with Crippen molar-refractivity contribution in [1.82, 2.24) is 19.3 Å². The van der Waals surface area contributed by atoms with E-state index in [-0.39, 0.29) is 31.3 Å². The Morgan fingerprint density at radius 2 is 2.10 bits per heavy atom. The number of carbonyl (C=O) groups is 1. The van der Waals surface area contributed by atoms with Crippen molar-refractivity contribution in [2.75, 3.05) is 25.5 Å². The van der Waals surface area contributed by atoms with E-state index in [2.05, 4.69) is 16.2 Å². The van der Waals surface area contributed by atoms with Gasteiger partial charge in [0.1, 0.15) is 35.8 Å². The molecule has 0 aliphatic carbocycles. The molecule has 13 nitrogen and oxygen atoms in total. The molecule has 2 aliphatic heterocycles. The lowest BCUT2D eigenvalue weighted by molar-refractivity contribution is -0.147. The monoisotopic (exact) mass is 570 g/mol. The number of rotatable bonds is 9. The summed E-state index contributed by atoms with van der Waals surface area (Å²) in [7, 11) is -4.16. The third-order valence-corrected chi connectivity index (χ3v) is 9.39. The normalized spacial score (nSPS) is 28.2. The van der Waals surface area contributed by atoms with E-state index < -0.39 is 43.5 Å². The molecule has 0 amide bonds. The molecule has 5 rings (SSSR count). The van der Waals surface area contributed by atoms with Gasteiger partial charge in [-0.1, -0.05) is 25.1 Å². The third kappa shape index (κ3) is 4.82. The molecule has 3 N–H and O–H groups in total. The second kappa shape index (κ2) is 11.2. The summed E-state index contributed by atoms with van der Waals surface area (Å²) in [6.07, 6.45) is 0.0390. The molecule has 0 spiro atoms. The Kier molecular flexibility index (Phi) is 7.81. The first-order valence-electron chi connectivity index (χ1n) is 13.0. The topological polar surface area (TPSA) is 175 Å². The van der Waals surface area contributed by atoms with Gasteiger partial charge in [0.2, 0.25) is 5.60 Å². The molecule has 0 radical (unpaired) electrons. The lowest BCUT2D eigenvalue weighted by Gasteiger charge is -2.31. The number of nitrogen functional groups attached to an aromatic ring is 1. The van der Waals surface area contributed by atoms with Crippen molar-refractivity contribution >= 4 is 25.1 Å². The minimum atomic E-state index is -4.16. The molecular weight excluding hydrogens is 539 g/mol. The number of nitrogens with zero attached hydrogens (tertiary/aromatic N) is 5. The summed E-state index contributed by atoms with van der Waals surface area (Å²) < 4.78 is 40.4. The van der Waals surface area contributed by atoms with Crippen LogP contribution in [0.4, 0.5) is 5.82 Å². The number of benzene rings is 1. The molecule has 212 valence electrons. The summed E-state index contributed by atoms with van der Waals surface area (Å²) >= 11 is 0. The van der Waals surface area contributed by atoms with Crippen molar-refractivity contribution in [3.63, 3.8) is 0 Å². The minimum absolute atomic E-state index is 0.176. The Bertz CT molecular complexity index is 1460. The number of nitrogens with two attached hydrogens (primary N) is 1. The van der Waals surface area contributed by atoms with Crippen molar-refractivity contribution in [1.29, 1.82) is 5.26 Å². The van der Waals surface area contributed by atoms with E-state index in [4.69, 9.17) is 24.3 Å². The van der Waals surface area contributed by atoms with Crippen LogP contribution in [-0.2, 0) is 29.0 Å². The molecule has 2 aromatic heterocycles. The fourth-order valence-corrected chi connectivity index (χ4v) is 7.25. The fraction of sp³-hybridized carbons (Fsp3) is 0.462.